The minimum Gasteiger partial charge on any atom is -0.561 e. The fraction of sp³-hybridized carbons (Fsp3) is 0.500. The van der Waals surface area contributed by atoms with Gasteiger partial charge in [-0.1, -0.05) is 0 Å². The zero-order valence-electron chi connectivity index (χ0n) is 2.62. The van der Waals surface area contributed by atoms with Crippen molar-refractivity contribution in [1.29, 1.82) is 0 Å². The van der Waals surface area contributed by atoms with Gasteiger partial charge in [0.2, 0.25) is 0 Å². The largest absolute Gasteiger partial charge is 0.565 e. The van der Waals surface area contributed by atoms with Gasteiger partial charge in [0, 0.05) is 4.79 Å². The molecule has 2 nitrogen and oxygen atoms in total. The lowest BCUT2D eigenvalue weighted by Gasteiger charge is -1.57. The molecule has 0 radical (unpaired) electrons. The molecule has 3 heteroatoms. The van der Waals surface area contributed by atoms with Gasteiger partial charge in [-0.15, -0.1) is 0 Å². The van der Waals surface area contributed by atoms with Crippen molar-refractivity contribution in [1.82, 2.24) is 0 Å². The molecule has 0 saturated carbocycles. The van der Waals surface area contributed by atoms with Crippen molar-refractivity contribution < 1.29 is 9.90 Å². The van der Waals surface area contributed by atoms with Crippen LogP contribution in [-0.2, 0) is 17.4 Å². The SMILES string of the molecule is O=C([OH2+])C[SH2+]. The second kappa shape index (κ2) is 2.08. The average Bonchev–Trinajstić information content (AvgIpc) is 1.38. The molecule has 0 heterocycles. The van der Waals surface area contributed by atoms with E-state index in [1.54, 1.807) is 0 Å². The number of hydrogen-bond acceptors (Lipinski definition) is 1. The topological polar surface area (TPSA) is 40.0 Å². The van der Waals surface area contributed by atoms with Gasteiger partial charge in [0.1, 0.15) is 0 Å². The zero-order chi connectivity index (χ0) is 4.28. The van der Waals surface area contributed by atoms with Crippen LogP contribution in [0.15, 0.2) is 0 Å². The normalized spacial score (nSPS) is 7.40. The lowest BCUT2D eigenvalue weighted by Crippen LogP contribution is -1.96. The minimum absolute atomic E-state index is 0.139. The molecule has 0 atom stereocenters. The van der Waals surface area contributed by atoms with Crippen molar-refractivity contribution >= 4 is 18.6 Å². The molecule has 0 saturated heterocycles. The maximum Gasteiger partial charge on any atom is 0.565 e. The Morgan fingerprint density at radius 3 is 2.20 bits per heavy atom. The van der Waals surface area contributed by atoms with Gasteiger partial charge < -0.3 is 5.11 Å². The summed E-state index contributed by atoms with van der Waals surface area (Å²) in [5.74, 6) is -0.443. The second-order valence-corrected chi connectivity index (χ2v) is 0.954. The second-order valence-electron chi connectivity index (χ2n) is 0.600. The van der Waals surface area contributed by atoms with E-state index in [4.69, 9.17) is 5.11 Å². The highest BCUT2D eigenvalue weighted by atomic mass is 32.1. The molecule has 0 aromatic heterocycles. The Hall–Kier alpha value is -0.180. The van der Waals surface area contributed by atoms with Crippen molar-refractivity contribution in [2.75, 3.05) is 5.75 Å². The summed E-state index contributed by atoms with van der Waals surface area (Å²) in [7, 11) is 0. The predicted molar refractivity (Wildman–Crippen MR) is 23.6 cm³/mol. The van der Waals surface area contributed by atoms with Crippen LogP contribution >= 0.6 is 0 Å². The zero-order valence-corrected chi connectivity index (χ0v) is 3.62. The summed E-state index contributed by atoms with van der Waals surface area (Å²) in [4.78, 5) is 9.43. The van der Waals surface area contributed by atoms with Crippen LogP contribution in [0.3, 0.4) is 0 Å². The number of carbonyl (C=O) groups is 1. The molecule has 0 aliphatic carbocycles. The van der Waals surface area contributed by atoms with Crippen LogP contribution < -0.4 is 0 Å². The first kappa shape index (κ1) is 4.82. The molecule has 30 valence electrons. The van der Waals surface area contributed by atoms with Crippen molar-refractivity contribution in [2.24, 2.45) is 0 Å². The van der Waals surface area contributed by atoms with Gasteiger partial charge in [0.15, 0.2) is 0 Å². The fourth-order valence-electron chi connectivity index (χ4n) is 0. The maximum absolute atomic E-state index is 9.43. The molecular weight excluding hydrogens is 88.1 g/mol. The van der Waals surface area contributed by atoms with Gasteiger partial charge in [-0.05, 0) is 12.6 Å². The van der Waals surface area contributed by atoms with Gasteiger partial charge >= 0.3 is 5.97 Å². The average molecular weight is 94.1 g/mol. The molecule has 2 N–H and O–H groups in total. The van der Waals surface area contributed by atoms with Crippen LogP contribution in [0.25, 0.3) is 0 Å². The molecule has 0 aliphatic heterocycles. The molecule has 0 fully saturated rings. The van der Waals surface area contributed by atoms with E-state index in [1.807, 2.05) is 0 Å². The van der Waals surface area contributed by atoms with E-state index in [0.717, 1.165) is 0 Å². The van der Waals surface area contributed by atoms with Crippen LogP contribution in [-0.4, -0.2) is 16.8 Å². The smallest absolute Gasteiger partial charge is 0.561 e. The third kappa shape index (κ3) is 3.82. The Bertz CT molecular complexity index is 42.9. The lowest BCUT2D eigenvalue weighted by atomic mass is 10.8. The van der Waals surface area contributed by atoms with Gasteiger partial charge in [-0.2, -0.15) is 0 Å². The minimum atomic E-state index is -0.582. The Labute approximate surface area is 35.2 Å². The van der Waals surface area contributed by atoms with E-state index in [9.17, 15) is 4.79 Å². The van der Waals surface area contributed by atoms with E-state index in [2.05, 4.69) is 12.6 Å². The van der Waals surface area contributed by atoms with Crippen molar-refractivity contribution in [3.05, 3.63) is 0 Å². The van der Waals surface area contributed by atoms with Crippen molar-refractivity contribution in [3.8, 4) is 0 Å². The monoisotopic (exact) mass is 94.0 g/mol. The quantitative estimate of drug-likeness (QED) is 0.355. The first-order chi connectivity index (χ1) is 2.27. The third-order valence-corrected chi connectivity index (χ3v) is 0.482. The highest BCUT2D eigenvalue weighted by Crippen LogP contribution is 1.52. The van der Waals surface area contributed by atoms with Gasteiger partial charge in [0.25, 0.3) is 5.75 Å². The maximum atomic E-state index is 9.43. The van der Waals surface area contributed by atoms with Crippen molar-refractivity contribution in [3.63, 3.8) is 0 Å². The number of carbonyl (C=O) groups excluding carboxylic acids is 1. The third-order valence-electron chi connectivity index (χ3n) is 0.161. The van der Waals surface area contributed by atoms with Gasteiger partial charge in [0.05, 0.1) is 0 Å². The summed E-state index contributed by atoms with van der Waals surface area (Å²) in [5, 5.41) is 6.14. The fourth-order valence-corrected chi connectivity index (χ4v) is 0. The molecular formula is C2H6O2S+2. The molecule has 0 unspecified atom stereocenters. The molecule has 0 bridgehead atoms. The van der Waals surface area contributed by atoms with Gasteiger partial charge in [-0.25, -0.2) is 0 Å². The Morgan fingerprint density at radius 2 is 2.20 bits per heavy atom. The van der Waals surface area contributed by atoms with E-state index in [1.165, 1.54) is 0 Å². The number of hydrogen-bond donors (Lipinski definition) is 0. The number of rotatable bonds is 1. The van der Waals surface area contributed by atoms with E-state index < -0.39 is 5.97 Å². The first-order valence-corrected chi connectivity index (χ1v) is 1.87. The molecule has 0 spiro atoms. The molecule has 0 amide bonds. The standard InChI is InChI=1S/C2H4O2S/c3-2(4)1-5/h5H,1H2,(H,3,4)/p+2. The van der Waals surface area contributed by atoms with E-state index >= 15 is 0 Å². The lowest BCUT2D eigenvalue weighted by molar-refractivity contribution is -0.133. The predicted octanol–water partition coefficient (Wildman–Crippen LogP) is -1.75. The summed E-state index contributed by atoms with van der Waals surface area (Å²) in [6.07, 6.45) is 0. The van der Waals surface area contributed by atoms with E-state index in [-0.39, 0.29) is 5.75 Å². The first-order valence-electron chi connectivity index (χ1n) is 1.16. The Morgan fingerprint density at radius 1 is 2.00 bits per heavy atom. The summed E-state index contributed by atoms with van der Waals surface area (Å²) in [6.45, 7) is 0. The molecule has 0 aromatic carbocycles. The Kier molecular flexibility index (Phi) is 2.01. The van der Waals surface area contributed by atoms with Gasteiger partial charge in [-0.3, -0.25) is 0 Å². The van der Waals surface area contributed by atoms with E-state index in [0.29, 0.717) is 0 Å². The van der Waals surface area contributed by atoms with Crippen molar-refractivity contribution in [2.45, 2.75) is 0 Å². The summed E-state index contributed by atoms with van der Waals surface area (Å²) in [6, 6.07) is 0. The Balaban J connectivity index is 2.85. The highest BCUT2D eigenvalue weighted by molar-refractivity contribution is 7.59. The van der Waals surface area contributed by atoms with Crippen LogP contribution in [0.4, 0.5) is 0 Å². The summed E-state index contributed by atoms with van der Waals surface area (Å²) in [5.41, 5.74) is 0. The molecule has 0 aromatic rings. The van der Waals surface area contributed by atoms with Crippen LogP contribution in [0.1, 0.15) is 0 Å². The molecule has 5 heavy (non-hydrogen) atoms. The van der Waals surface area contributed by atoms with Crippen LogP contribution in [0.2, 0.25) is 0 Å². The molecule has 0 rings (SSSR count). The van der Waals surface area contributed by atoms with Crippen LogP contribution in [0.5, 0.6) is 0 Å². The van der Waals surface area contributed by atoms with Crippen LogP contribution in [0, 0.1) is 0 Å². The summed E-state index contributed by atoms with van der Waals surface area (Å²) >= 11 is 2.82. The highest BCUT2D eigenvalue weighted by Gasteiger charge is 2.01. The molecule has 0 aliphatic rings. The summed E-state index contributed by atoms with van der Waals surface area (Å²) < 4.78 is 0.